The normalized spacial score (nSPS) is 20.5. The Hall–Kier alpha value is -0.710. The topological polar surface area (TPSA) is 42.7 Å². The summed E-state index contributed by atoms with van der Waals surface area (Å²) < 4.78 is 1.94. The van der Waals surface area contributed by atoms with E-state index in [1.54, 1.807) is 6.33 Å². The molecule has 1 unspecified atom stereocenters. The van der Waals surface area contributed by atoms with E-state index in [9.17, 15) is 0 Å². The molecule has 0 fully saturated rings. The second-order valence-electron chi connectivity index (χ2n) is 3.92. The fraction of sp³-hybridized carbons (Fsp3) is 0.800. The van der Waals surface area contributed by atoms with Crippen molar-refractivity contribution in [2.24, 2.45) is 0 Å². The quantitative estimate of drug-likeness (QED) is 0.800. The number of unbranched alkanes of at least 4 members (excludes halogenated alkanes) is 2. The number of thioether (sulfide) groups is 1. The molecule has 1 aliphatic heterocycles. The van der Waals surface area contributed by atoms with Crippen LogP contribution in [-0.4, -0.2) is 26.7 Å². The van der Waals surface area contributed by atoms with Crippen LogP contribution in [0.15, 0.2) is 11.5 Å². The lowest BCUT2D eigenvalue weighted by Crippen LogP contribution is -2.14. The zero-order valence-electron chi connectivity index (χ0n) is 9.15. The van der Waals surface area contributed by atoms with Crippen LogP contribution >= 0.6 is 11.8 Å². The summed E-state index contributed by atoms with van der Waals surface area (Å²) in [6.45, 7) is 3.27. The first-order chi connectivity index (χ1) is 7.40. The van der Waals surface area contributed by atoms with Gasteiger partial charge in [0.25, 0.3) is 0 Å². The number of fused-ring (bicyclic) bond motifs is 1. The monoisotopic (exact) mass is 226 g/mol. The van der Waals surface area contributed by atoms with Crippen molar-refractivity contribution in [1.82, 2.24) is 14.9 Å². The van der Waals surface area contributed by atoms with Crippen LogP contribution < -0.4 is 5.43 Å². The molecular formula is C10H18N4S. The second kappa shape index (κ2) is 5.39. The van der Waals surface area contributed by atoms with Crippen LogP contribution in [0.2, 0.25) is 0 Å². The molecule has 84 valence electrons. The van der Waals surface area contributed by atoms with E-state index in [1.807, 2.05) is 16.4 Å². The minimum Gasteiger partial charge on any atom is -0.323 e. The number of aromatic nitrogens is 3. The smallest absolute Gasteiger partial charge is 0.209 e. The maximum Gasteiger partial charge on any atom is 0.209 e. The molecule has 0 radical (unpaired) electrons. The van der Waals surface area contributed by atoms with E-state index in [-0.39, 0.29) is 0 Å². The molecule has 0 saturated heterocycles. The largest absolute Gasteiger partial charge is 0.323 e. The van der Waals surface area contributed by atoms with Gasteiger partial charge in [-0.2, -0.15) is 0 Å². The van der Waals surface area contributed by atoms with Crippen LogP contribution in [0, 0.1) is 0 Å². The van der Waals surface area contributed by atoms with Crippen LogP contribution in [0.3, 0.4) is 0 Å². The van der Waals surface area contributed by atoms with Crippen molar-refractivity contribution in [2.45, 2.75) is 49.4 Å². The molecule has 2 heterocycles. The van der Waals surface area contributed by atoms with Crippen molar-refractivity contribution in [3.05, 3.63) is 6.33 Å². The SMILES string of the molecule is CCCCCC1CCNn2cnnc2S1. The molecular weight excluding hydrogens is 208 g/mol. The van der Waals surface area contributed by atoms with Crippen molar-refractivity contribution >= 4 is 11.8 Å². The van der Waals surface area contributed by atoms with Gasteiger partial charge in [0.1, 0.15) is 6.33 Å². The van der Waals surface area contributed by atoms with Crippen molar-refractivity contribution in [3.8, 4) is 0 Å². The average Bonchev–Trinajstić information content (AvgIpc) is 2.58. The van der Waals surface area contributed by atoms with Crippen molar-refractivity contribution in [2.75, 3.05) is 12.0 Å². The minimum absolute atomic E-state index is 0.703. The lowest BCUT2D eigenvalue weighted by atomic mass is 10.1. The first-order valence-electron chi connectivity index (χ1n) is 5.70. The van der Waals surface area contributed by atoms with Gasteiger partial charge in [-0.15, -0.1) is 10.2 Å². The van der Waals surface area contributed by atoms with E-state index < -0.39 is 0 Å². The highest BCUT2D eigenvalue weighted by molar-refractivity contribution is 7.99. The molecule has 1 aromatic rings. The van der Waals surface area contributed by atoms with Gasteiger partial charge in [-0.25, -0.2) is 4.68 Å². The summed E-state index contributed by atoms with van der Waals surface area (Å²) in [7, 11) is 0. The van der Waals surface area contributed by atoms with Gasteiger partial charge in [0.05, 0.1) is 0 Å². The Bertz CT molecular complexity index is 299. The van der Waals surface area contributed by atoms with Gasteiger partial charge in [-0.3, -0.25) is 0 Å². The van der Waals surface area contributed by atoms with Crippen LogP contribution in [0.4, 0.5) is 0 Å². The predicted molar refractivity (Wildman–Crippen MR) is 62.7 cm³/mol. The molecule has 0 spiro atoms. The van der Waals surface area contributed by atoms with Gasteiger partial charge in [-0.1, -0.05) is 37.9 Å². The molecule has 2 rings (SSSR count). The Morgan fingerprint density at radius 1 is 1.60 bits per heavy atom. The number of nitrogens with zero attached hydrogens (tertiary/aromatic N) is 3. The van der Waals surface area contributed by atoms with Crippen LogP contribution in [0.25, 0.3) is 0 Å². The third kappa shape index (κ3) is 2.87. The molecule has 15 heavy (non-hydrogen) atoms. The highest BCUT2D eigenvalue weighted by Crippen LogP contribution is 2.28. The molecule has 1 aliphatic rings. The maximum absolute atomic E-state index is 4.11. The van der Waals surface area contributed by atoms with Gasteiger partial charge in [0.15, 0.2) is 0 Å². The van der Waals surface area contributed by atoms with Gasteiger partial charge in [0.2, 0.25) is 5.16 Å². The first-order valence-corrected chi connectivity index (χ1v) is 6.58. The third-order valence-corrected chi connectivity index (χ3v) is 3.96. The Balaban J connectivity index is 1.88. The van der Waals surface area contributed by atoms with E-state index >= 15 is 0 Å². The minimum atomic E-state index is 0.703. The van der Waals surface area contributed by atoms with E-state index in [1.165, 1.54) is 32.1 Å². The summed E-state index contributed by atoms with van der Waals surface area (Å²) >= 11 is 1.86. The van der Waals surface area contributed by atoms with Crippen LogP contribution in [0.1, 0.15) is 39.0 Å². The number of hydrogen-bond donors (Lipinski definition) is 1. The van der Waals surface area contributed by atoms with Crippen LogP contribution in [-0.2, 0) is 0 Å². The fourth-order valence-corrected chi connectivity index (χ4v) is 2.93. The standard InChI is InChI=1S/C10H18N4S/c1-2-3-4-5-9-6-7-12-14-8-11-13-10(14)15-9/h8-9,12H,2-7H2,1H3. The Morgan fingerprint density at radius 3 is 3.40 bits per heavy atom. The second-order valence-corrected chi connectivity index (χ2v) is 5.18. The van der Waals surface area contributed by atoms with Gasteiger partial charge < -0.3 is 5.43 Å². The van der Waals surface area contributed by atoms with E-state index in [2.05, 4.69) is 22.5 Å². The molecule has 1 atom stereocenters. The van der Waals surface area contributed by atoms with Crippen molar-refractivity contribution < 1.29 is 0 Å². The van der Waals surface area contributed by atoms with Gasteiger partial charge >= 0.3 is 0 Å². The number of rotatable bonds is 4. The van der Waals surface area contributed by atoms with E-state index in [4.69, 9.17) is 0 Å². The summed E-state index contributed by atoms with van der Waals surface area (Å²) in [6, 6.07) is 0. The number of hydrogen-bond acceptors (Lipinski definition) is 4. The third-order valence-electron chi connectivity index (χ3n) is 2.67. The highest BCUT2D eigenvalue weighted by Gasteiger charge is 2.17. The zero-order chi connectivity index (χ0) is 10.5. The van der Waals surface area contributed by atoms with E-state index in [0.717, 1.165) is 11.7 Å². The molecule has 0 aliphatic carbocycles. The van der Waals surface area contributed by atoms with Crippen molar-refractivity contribution in [3.63, 3.8) is 0 Å². The van der Waals surface area contributed by atoms with Crippen molar-refractivity contribution in [1.29, 1.82) is 0 Å². The molecule has 1 aromatic heterocycles. The van der Waals surface area contributed by atoms with E-state index in [0.29, 0.717) is 5.25 Å². The summed E-state index contributed by atoms with van der Waals surface area (Å²) in [6.07, 6.45) is 8.24. The number of nitrogens with one attached hydrogen (secondary N) is 1. The summed E-state index contributed by atoms with van der Waals surface area (Å²) in [5, 5.41) is 9.73. The summed E-state index contributed by atoms with van der Waals surface area (Å²) in [5.41, 5.74) is 3.30. The lowest BCUT2D eigenvalue weighted by Gasteiger charge is -2.10. The summed E-state index contributed by atoms with van der Waals surface area (Å²) in [4.78, 5) is 0. The van der Waals surface area contributed by atoms with Gasteiger partial charge in [-0.05, 0) is 12.8 Å². The Labute approximate surface area is 94.8 Å². The molecule has 0 bridgehead atoms. The Morgan fingerprint density at radius 2 is 2.53 bits per heavy atom. The molecule has 5 heteroatoms. The molecule has 1 N–H and O–H groups in total. The molecule has 0 aromatic carbocycles. The molecule has 0 saturated carbocycles. The molecule has 0 amide bonds. The van der Waals surface area contributed by atoms with Gasteiger partial charge in [0, 0.05) is 11.8 Å². The average molecular weight is 226 g/mol. The molecule has 4 nitrogen and oxygen atoms in total. The Kier molecular flexibility index (Phi) is 3.88. The van der Waals surface area contributed by atoms with Crippen LogP contribution in [0.5, 0.6) is 0 Å². The maximum atomic E-state index is 4.11. The highest BCUT2D eigenvalue weighted by atomic mass is 32.2. The zero-order valence-corrected chi connectivity index (χ0v) is 9.96. The summed E-state index contributed by atoms with van der Waals surface area (Å²) in [5.74, 6) is 0. The predicted octanol–water partition coefficient (Wildman–Crippen LogP) is 2.27. The first kappa shape index (κ1) is 10.8. The lowest BCUT2D eigenvalue weighted by molar-refractivity contribution is 0.624. The fourth-order valence-electron chi connectivity index (χ4n) is 1.79.